The molecule has 2 aromatic heterocycles. The van der Waals surface area contributed by atoms with E-state index in [1.807, 2.05) is 10.6 Å². The van der Waals surface area contributed by atoms with E-state index >= 15 is 0 Å². The van der Waals surface area contributed by atoms with E-state index in [9.17, 15) is 17.6 Å². The third kappa shape index (κ3) is 4.38. The Kier molecular flexibility index (Phi) is 5.99. The molecule has 186 valence electrons. The van der Waals surface area contributed by atoms with Crippen LogP contribution in [0, 0.1) is 5.82 Å². The van der Waals surface area contributed by atoms with E-state index in [2.05, 4.69) is 20.1 Å². The Bertz CT molecular complexity index is 1220. The number of aromatic nitrogens is 4. The topological polar surface area (TPSA) is 50.1 Å². The monoisotopic (exact) mass is 508 g/mol. The van der Waals surface area contributed by atoms with Crippen molar-refractivity contribution in [2.24, 2.45) is 0 Å². The van der Waals surface area contributed by atoms with E-state index in [1.165, 1.54) is 31.0 Å². The van der Waals surface area contributed by atoms with Crippen LogP contribution in [0.15, 0.2) is 36.5 Å². The molecular formula is C24H25ClF4N6. The first-order valence-corrected chi connectivity index (χ1v) is 11.8. The van der Waals surface area contributed by atoms with E-state index in [4.69, 9.17) is 11.6 Å². The van der Waals surface area contributed by atoms with E-state index < -0.39 is 11.7 Å². The number of fused-ring (bicyclic) bond motifs is 3. The van der Waals surface area contributed by atoms with Crippen LogP contribution < -0.4 is 4.90 Å². The molecule has 0 unspecified atom stereocenters. The van der Waals surface area contributed by atoms with Crippen molar-refractivity contribution in [3.05, 3.63) is 64.6 Å². The summed E-state index contributed by atoms with van der Waals surface area (Å²) in [6, 6.07) is 8.34. The van der Waals surface area contributed by atoms with Gasteiger partial charge in [0.05, 0.1) is 18.4 Å². The molecular weight excluding hydrogens is 484 g/mol. The third-order valence-corrected chi connectivity index (χ3v) is 7.35. The van der Waals surface area contributed by atoms with Crippen LogP contribution in [0.4, 0.5) is 23.4 Å². The molecule has 0 atom stereocenters. The summed E-state index contributed by atoms with van der Waals surface area (Å²) in [4.78, 5) is 7.64. The average molecular weight is 509 g/mol. The summed E-state index contributed by atoms with van der Waals surface area (Å²) in [6.07, 6.45) is -1.70. The summed E-state index contributed by atoms with van der Waals surface area (Å²) >= 11 is 6.24. The van der Waals surface area contributed by atoms with E-state index in [0.717, 1.165) is 30.2 Å². The smallest absolute Gasteiger partial charge is 0.357 e. The van der Waals surface area contributed by atoms with Gasteiger partial charge in [0.15, 0.2) is 5.82 Å². The van der Waals surface area contributed by atoms with Gasteiger partial charge >= 0.3 is 6.18 Å². The number of hydrogen-bond donors (Lipinski definition) is 0. The number of rotatable bonds is 3. The van der Waals surface area contributed by atoms with Crippen molar-refractivity contribution in [2.75, 3.05) is 18.0 Å². The summed E-state index contributed by atoms with van der Waals surface area (Å²) in [7, 11) is 0. The van der Waals surface area contributed by atoms with Gasteiger partial charge in [-0.2, -0.15) is 13.2 Å². The maximum atomic E-state index is 13.9. The Morgan fingerprint density at radius 1 is 1.00 bits per heavy atom. The molecule has 0 spiro atoms. The second-order valence-electron chi connectivity index (χ2n) is 9.59. The van der Waals surface area contributed by atoms with Gasteiger partial charge in [-0.05, 0) is 62.6 Å². The average Bonchev–Trinajstić information content (AvgIpc) is 3.14. The highest BCUT2D eigenvalue weighted by Gasteiger charge is 2.52. The highest BCUT2D eigenvalue weighted by atomic mass is 35.5. The zero-order chi connectivity index (χ0) is 25.0. The van der Waals surface area contributed by atoms with E-state index in [1.54, 1.807) is 18.2 Å². The normalized spacial score (nSPS) is 17.7. The molecule has 0 saturated carbocycles. The van der Waals surface area contributed by atoms with Crippen molar-refractivity contribution in [1.82, 2.24) is 24.6 Å². The molecule has 3 aromatic rings. The summed E-state index contributed by atoms with van der Waals surface area (Å²) in [5, 5.41) is 9.27. The standard InChI is InChI=1S/C24H25ClF4N6/c1-23(2,24(27,28)29)34-13-16-11-17(25)3-5-19(16)35-21(14-34)31-32-22(35)15-7-9-33(10-8-15)20-6-4-18(26)12-30-20/h3-6,11-12,15H,7-10,13-14H2,1-2H3. The molecule has 11 heteroatoms. The van der Waals surface area contributed by atoms with Gasteiger partial charge in [0.1, 0.15) is 23.0 Å². The number of alkyl halides is 3. The lowest BCUT2D eigenvalue weighted by molar-refractivity contribution is -0.224. The van der Waals surface area contributed by atoms with Gasteiger partial charge in [-0.1, -0.05) is 11.6 Å². The highest BCUT2D eigenvalue weighted by Crippen LogP contribution is 2.40. The van der Waals surface area contributed by atoms with Crippen molar-refractivity contribution >= 4 is 17.4 Å². The lowest BCUT2D eigenvalue weighted by Gasteiger charge is -2.38. The molecule has 0 amide bonds. The fourth-order valence-corrected chi connectivity index (χ4v) is 4.98. The maximum absolute atomic E-state index is 13.9. The van der Waals surface area contributed by atoms with Crippen LogP contribution in [0.5, 0.6) is 0 Å². The molecule has 2 aliphatic rings. The number of halogens is 5. The summed E-state index contributed by atoms with van der Waals surface area (Å²) < 4.78 is 57.0. The molecule has 1 aromatic carbocycles. The molecule has 0 aliphatic carbocycles. The minimum Gasteiger partial charge on any atom is -0.357 e. The van der Waals surface area contributed by atoms with Gasteiger partial charge in [0.2, 0.25) is 0 Å². The van der Waals surface area contributed by atoms with Crippen LogP contribution in [0.2, 0.25) is 5.02 Å². The Balaban J connectivity index is 1.47. The number of piperidine rings is 1. The van der Waals surface area contributed by atoms with Crippen molar-refractivity contribution in [3.8, 4) is 5.69 Å². The fourth-order valence-electron chi connectivity index (χ4n) is 4.79. The second kappa shape index (κ2) is 8.74. The Labute approximate surface area is 205 Å². The van der Waals surface area contributed by atoms with Gasteiger partial charge in [-0.25, -0.2) is 9.37 Å². The minimum absolute atomic E-state index is 0.00412. The van der Waals surface area contributed by atoms with Gasteiger partial charge in [0.25, 0.3) is 0 Å². The molecule has 2 aliphatic heterocycles. The van der Waals surface area contributed by atoms with Crippen molar-refractivity contribution in [3.63, 3.8) is 0 Å². The van der Waals surface area contributed by atoms with E-state index in [-0.39, 0.29) is 24.8 Å². The van der Waals surface area contributed by atoms with Crippen LogP contribution in [0.1, 0.15) is 49.8 Å². The Hall–Kier alpha value is -2.72. The maximum Gasteiger partial charge on any atom is 0.406 e. The van der Waals surface area contributed by atoms with Crippen LogP contribution in [0.25, 0.3) is 5.69 Å². The van der Waals surface area contributed by atoms with Crippen molar-refractivity contribution in [1.29, 1.82) is 0 Å². The Morgan fingerprint density at radius 3 is 2.40 bits per heavy atom. The van der Waals surface area contributed by atoms with Crippen LogP contribution in [-0.2, 0) is 13.1 Å². The van der Waals surface area contributed by atoms with Gasteiger partial charge in [-0.3, -0.25) is 9.47 Å². The number of anilines is 1. The van der Waals surface area contributed by atoms with Crippen LogP contribution in [0.3, 0.4) is 0 Å². The van der Waals surface area contributed by atoms with Crippen LogP contribution in [-0.4, -0.2) is 49.5 Å². The molecule has 0 radical (unpaired) electrons. The first kappa shape index (κ1) is 24.0. The fraction of sp³-hybridized carbons (Fsp3) is 0.458. The van der Waals surface area contributed by atoms with Crippen molar-refractivity contribution in [2.45, 2.75) is 57.4 Å². The molecule has 5 rings (SSSR count). The zero-order valence-corrected chi connectivity index (χ0v) is 20.1. The number of hydrogen-bond acceptors (Lipinski definition) is 5. The number of benzene rings is 1. The summed E-state index contributed by atoms with van der Waals surface area (Å²) in [6.45, 7) is 3.86. The molecule has 1 fully saturated rings. The summed E-state index contributed by atoms with van der Waals surface area (Å²) in [5.74, 6) is 1.62. The first-order chi connectivity index (χ1) is 16.5. The second-order valence-corrected chi connectivity index (χ2v) is 10.0. The predicted octanol–water partition coefficient (Wildman–Crippen LogP) is 5.50. The third-order valence-electron chi connectivity index (χ3n) is 7.11. The molecule has 35 heavy (non-hydrogen) atoms. The lowest BCUT2D eigenvalue weighted by Crippen LogP contribution is -2.53. The minimum atomic E-state index is -4.43. The highest BCUT2D eigenvalue weighted by molar-refractivity contribution is 6.30. The quantitative estimate of drug-likeness (QED) is 0.438. The van der Waals surface area contributed by atoms with Gasteiger partial charge in [0, 0.05) is 30.6 Å². The molecule has 1 saturated heterocycles. The lowest BCUT2D eigenvalue weighted by atomic mass is 9.95. The SMILES string of the molecule is CC(C)(N1Cc2cc(Cl)ccc2-n2c(nnc2C2CCN(c3ccc(F)cn3)CC2)C1)C(F)(F)F. The molecule has 0 N–H and O–H groups in total. The molecule has 0 bridgehead atoms. The molecule has 6 nitrogen and oxygen atoms in total. The first-order valence-electron chi connectivity index (χ1n) is 11.5. The van der Waals surface area contributed by atoms with Gasteiger partial charge < -0.3 is 4.90 Å². The zero-order valence-electron chi connectivity index (χ0n) is 19.4. The van der Waals surface area contributed by atoms with Crippen LogP contribution >= 0.6 is 11.6 Å². The number of nitrogens with zero attached hydrogens (tertiary/aromatic N) is 6. The summed E-state index contributed by atoms with van der Waals surface area (Å²) in [5.41, 5.74) is -0.614. The Morgan fingerprint density at radius 2 is 1.74 bits per heavy atom. The van der Waals surface area contributed by atoms with E-state index in [0.29, 0.717) is 29.5 Å². The van der Waals surface area contributed by atoms with Gasteiger partial charge in [-0.15, -0.1) is 10.2 Å². The largest absolute Gasteiger partial charge is 0.406 e. The number of pyridine rings is 1. The predicted molar refractivity (Wildman–Crippen MR) is 124 cm³/mol. The van der Waals surface area contributed by atoms with Crippen molar-refractivity contribution < 1.29 is 17.6 Å². The molecule has 4 heterocycles.